The maximum Gasteiger partial charge on any atom is 0.0518 e. The first-order valence-electron chi connectivity index (χ1n) is 4.72. The molecule has 0 unspecified atom stereocenters. The number of unbranched alkanes of at least 4 members (excludes halogenated alkanes) is 1. The van der Waals surface area contributed by atoms with E-state index in [0.29, 0.717) is 6.54 Å². The van der Waals surface area contributed by atoms with Crippen molar-refractivity contribution in [3.8, 4) is 0 Å². The molecule has 4 nitrogen and oxygen atoms in total. The Kier molecular flexibility index (Phi) is 7.17. The summed E-state index contributed by atoms with van der Waals surface area (Å²) in [4.78, 5) is 0. The van der Waals surface area contributed by atoms with Crippen LogP contribution in [-0.2, 0) is 0 Å². The Morgan fingerprint density at radius 1 is 1.08 bits per heavy atom. The first-order chi connectivity index (χ1) is 6.18. The van der Waals surface area contributed by atoms with Crippen LogP contribution in [0.4, 0.5) is 0 Å². The molecule has 0 bridgehead atoms. The summed E-state index contributed by atoms with van der Waals surface area (Å²) in [7, 11) is 0. The molecule has 0 aromatic rings. The second-order valence-electron chi connectivity index (χ2n) is 3.73. The number of rotatable bonds is 8. The fourth-order valence-electron chi connectivity index (χ4n) is 0.914. The van der Waals surface area contributed by atoms with Crippen LogP contribution in [0.5, 0.6) is 0 Å². The van der Waals surface area contributed by atoms with Crippen molar-refractivity contribution in [2.75, 3.05) is 32.9 Å². The van der Waals surface area contributed by atoms with Gasteiger partial charge in [-0.15, -0.1) is 0 Å². The van der Waals surface area contributed by atoms with Crippen molar-refractivity contribution in [3.05, 3.63) is 0 Å². The summed E-state index contributed by atoms with van der Waals surface area (Å²) in [5.74, 6) is 0. The van der Waals surface area contributed by atoms with Gasteiger partial charge in [-0.3, -0.25) is 0 Å². The molecule has 0 aromatic carbocycles. The van der Waals surface area contributed by atoms with Crippen molar-refractivity contribution in [2.45, 2.75) is 19.8 Å². The van der Waals surface area contributed by atoms with Gasteiger partial charge in [-0.1, -0.05) is 6.92 Å². The summed E-state index contributed by atoms with van der Waals surface area (Å²) in [6.45, 7) is 3.43. The van der Waals surface area contributed by atoms with E-state index in [-0.39, 0.29) is 19.8 Å². The highest BCUT2D eigenvalue weighted by Crippen LogP contribution is 2.11. The van der Waals surface area contributed by atoms with Crippen LogP contribution in [0.15, 0.2) is 0 Å². The molecule has 0 radical (unpaired) electrons. The average molecular weight is 191 g/mol. The van der Waals surface area contributed by atoms with E-state index in [9.17, 15) is 0 Å². The predicted molar refractivity (Wildman–Crippen MR) is 51.5 cm³/mol. The van der Waals surface area contributed by atoms with E-state index in [1.54, 1.807) is 0 Å². The number of aliphatic hydroxyl groups is 3. The van der Waals surface area contributed by atoms with E-state index in [4.69, 9.17) is 15.3 Å². The van der Waals surface area contributed by atoms with Gasteiger partial charge in [0, 0.05) is 18.6 Å². The number of aliphatic hydroxyl groups excluding tert-OH is 3. The molecule has 0 heterocycles. The van der Waals surface area contributed by atoms with Crippen LogP contribution in [0, 0.1) is 5.41 Å². The molecule has 4 heteroatoms. The van der Waals surface area contributed by atoms with E-state index < -0.39 is 5.41 Å². The zero-order chi connectivity index (χ0) is 10.2. The smallest absolute Gasteiger partial charge is 0.0518 e. The summed E-state index contributed by atoms with van der Waals surface area (Å²) in [6, 6.07) is 0. The van der Waals surface area contributed by atoms with Gasteiger partial charge >= 0.3 is 0 Å². The van der Waals surface area contributed by atoms with Crippen molar-refractivity contribution >= 4 is 0 Å². The van der Waals surface area contributed by atoms with Crippen LogP contribution >= 0.6 is 0 Å². The quantitative estimate of drug-likeness (QED) is 0.384. The standard InChI is InChI=1S/C9H21NO3/c1-9(7-12,8-13)6-10-4-2-3-5-11/h10-13H,2-8H2,1H3. The monoisotopic (exact) mass is 191 g/mol. The Hall–Kier alpha value is -0.160. The molecule has 0 atom stereocenters. The van der Waals surface area contributed by atoms with Crippen LogP contribution in [0.3, 0.4) is 0 Å². The first-order valence-corrected chi connectivity index (χ1v) is 4.72. The summed E-state index contributed by atoms with van der Waals surface area (Å²) < 4.78 is 0. The molecule has 0 aromatic heterocycles. The third-order valence-electron chi connectivity index (χ3n) is 2.08. The largest absolute Gasteiger partial charge is 0.396 e. The lowest BCUT2D eigenvalue weighted by atomic mass is 9.93. The first kappa shape index (κ1) is 12.8. The Bertz CT molecular complexity index is 115. The van der Waals surface area contributed by atoms with Crippen LogP contribution in [0.2, 0.25) is 0 Å². The highest BCUT2D eigenvalue weighted by atomic mass is 16.3. The Morgan fingerprint density at radius 3 is 2.15 bits per heavy atom. The fraction of sp³-hybridized carbons (Fsp3) is 1.00. The van der Waals surface area contributed by atoms with E-state index >= 15 is 0 Å². The van der Waals surface area contributed by atoms with Gasteiger partial charge in [0.2, 0.25) is 0 Å². The molecule has 0 saturated carbocycles. The molecule has 0 fully saturated rings. The third-order valence-corrected chi connectivity index (χ3v) is 2.08. The Labute approximate surface area is 79.6 Å². The molecule has 0 aliphatic rings. The lowest BCUT2D eigenvalue weighted by Crippen LogP contribution is -2.38. The zero-order valence-electron chi connectivity index (χ0n) is 8.29. The highest BCUT2D eigenvalue weighted by Gasteiger charge is 2.21. The van der Waals surface area contributed by atoms with E-state index in [1.165, 1.54) is 0 Å². The van der Waals surface area contributed by atoms with E-state index in [2.05, 4.69) is 5.32 Å². The molecule has 4 N–H and O–H groups in total. The summed E-state index contributed by atoms with van der Waals surface area (Å²) in [6.07, 6.45) is 1.71. The molecular formula is C9H21NO3. The van der Waals surface area contributed by atoms with Gasteiger partial charge in [-0.2, -0.15) is 0 Å². The zero-order valence-corrected chi connectivity index (χ0v) is 8.29. The molecule has 0 rings (SSSR count). The molecule has 0 aliphatic carbocycles. The molecule has 80 valence electrons. The van der Waals surface area contributed by atoms with Crippen molar-refractivity contribution in [3.63, 3.8) is 0 Å². The molecular weight excluding hydrogens is 170 g/mol. The predicted octanol–water partition coefficient (Wildman–Crippen LogP) is -0.661. The van der Waals surface area contributed by atoms with E-state index in [1.807, 2.05) is 6.92 Å². The summed E-state index contributed by atoms with van der Waals surface area (Å²) in [5.41, 5.74) is -0.431. The fourth-order valence-corrected chi connectivity index (χ4v) is 0.914. The lowest BCUT2D eigenvalue weighted by molar-refractivity contribution is 0.0697. The SMILES string of the molecule is CC(CO)(CO)CNCCCCO. The van der Waals surface area contributed by atoms with Crippen LogP contribution in [0.1, 0.15) is 19.8 Å². The van der Waals surface area contributed by atoms with Crippen LogP contribution < -0.4 is 5.32 Å². The van der Waals surface area contributed by atoms with Gasteiger partial charge in [-0.25, -0.2) is 0 Å². The second kappa shape index (κ2) is 7.26. The van der Waals surface area contributed by atoms with Gasteiger partial charge in [0.15, 0.2) is 0 Å². The van der Waals surface area contributed by atoms with E-state index in [0.717, 1.165) is 19.4 Å². The molecule has 0 spiro atoms. The summed E-state index contributed by atoms with van der Waals surface area (Å²) in [5, 5.41) is 29.5. The molecule has 0 amide bonds. The van der Waals surface area contributed by atoms with Gasteiger partial charge in [0.25, 0.3) is 0 Å². The van der Waals surface area contributed by atoms with Gasteiger partial charge < -0.3 is 20.6 Å². The van der Waals surface area contributed by atoms with Gasteiger partial charge in [-0.05, 0) is 19.4 Å². The van der Waals surface area contributed by atoms with Crippen molar-refractivity contribution in [1.29, 1.82) is 0 Å². The maximum atomic E-state index is 8.95. The normalized spacial score (nSPS) is 12.0. The minimum Gasteiger partial charge on any atom is -0.396 e. The number of hydrogen-bond acceptors (Lipinski definition) is 4. The molecule has 13 heavy (non-hydrogen) atoms. The highest BCUT2D eigenvalue weighted by molar-refractivity contribution is 4.74. The Balaban J connectivity index is 3.39. The molecule has 0 saturated heterocycles. The average Bonchev–Trinajstić information content (AvgIpc) is 2.17. The van der Waals surface area contributed by atoms with Gasteiger partial charge in [0.1, 0.15) is 0 Å². The number of hydrogen-bond donors (Lipinski definition) is 4. The van der Waals surface area contributed by atoms with Gasteiger partial charge in [0.05, 0.1) is 13.2 Å². The maximum absolute atomic E-state index is 8.95. The topological polar surface area (TPSA) is 72.7 Å². The minimum absolute atomic E-state index is 0.0174. The minimum atomic E-state index is -0.431. The van der Waals surface area contributed by atoms with Crippen molar-refractivity contribution in [2.24, 2.45) is 5.41 Å². The van der Waals surface area contributed by atoms with Crippen molar-refractivity contribution in [1.82, 2.24) is 5.32 Å². The molecule has 0 aliphatic heterocycles. The van der Waals surface area contributed by atoms with Crippen LogP contribution in [0.25, 0.3) is 0 Å². The number of nitrogens with one attached hydrogen (secondary N) is 1. The third kappa shape index (κ3) is 5.99. The lowest BCUT2D eigenvalue weighted by Gasteiger charge is -2.24. The van der Waals surface area contributed by atoms with Crippen molar-refractivity contribution < 1.29 is 15.3 Å². The summed E-state index contributed by atoms with van der Waals surface area (Å²) >= 11 is 0. The Morgan fingerprint density at radius 2 is 1.69 bits per heavy atom. The second-order valence-corrected chi connectivity index (χ2v) is 3.73. The van der Waals surface area contributed by atoms with Crippen LogP contribution in [-0.4, -0.2) is 48.2 Å².